The topological polar surface area (TPSA) is 24.1 Å². The highest BCUT2D eigenvalue weighted by Crippen LogP contribution is 2.27. The van der Waals surface area contributed by atoms with E-state index in [1.54, 1.807) is 0 Å². The third-order valence-electron chi connectivity index (χ3n) is 3.28. The molecule has 2 N–H and O–H groups in total. The third-order valence-corrected chi connectivity index (χ3v) is 4.08. The molecular weight excluding hydrogens is 335 g/mol. The summed E-state index contributed by atoms with van der Waals surface area (Å²) in [7, 11) is 0. The Kier molecular flexibility index (Phi) is 6.07. The molecule has 2 aromatic rings. The lowest BCUT2D eigenvalue weighted by atomic mass is 10.1. The van der Waals surface area contributed by atoms with E-state index in [0.29, 0.717) is 10.1 Å². The Morgan fingerprint density at radius 1 is 1.09 bits per heavy atom. The normalized spacial score (nSPS) is 10.4. The van der Waals surface area contributed by atoms with Crippen molar-refractivity contribution in [2.24, 2.45) is 0 Å². The monoisotopic (exact) mass is 352 g/mol. The number of hydrogen-bond acceptors (Lipinski definition) is 1. The van der Waals surface area contributed by atoms with Crippen molar-refractivity contribution in [3.63, 3.8) is 0 Å². The van der Waals surface area contributed by atoms with Gasteiger partial charge in [0.25, 0.3) is 0 Å². The predicted molar refractivity (Wildman–Crippen MR) is 100 cm³/mol. The molecule has 0 unspecified atom stereocenters. The van der Waals surface area contributed by atoms with Gasteiger partial charge in [-0.1, -0.05) is 41.4 Å². The number of rotatable bonds is 4. The Balaban J connectivity index is 1.87. The van der Waals surface area contributed by atoms with Gasteiger partial charge >= 0.3 is 0 Å². The lowest BCUT2D eigenvalue weighted by Gasteiger charge is -2.14. The van der Waals surface area contributed by atoms with Gasteiger partial charge in [0.05, 0.1) is 10.7 Å². The highest BCUT2D eigenvalue weighted by molar-refractivity contribution is 7.80. The molecule has 2 rings (SSSR count). The van der Waals surface area contributed by atoms with Crippen LogP contribution in [-0.2, 0) is 6.42 Å². The maximum atomic E-state index is 6.26. The van der Waals surface area contributed by atoms with E-state index in [1.165, 1.54) is 5.56 Å². The van der Waals surface area contributed by atoms with Gasteiger partial charge in [0.1, 0.15) is 0 Å². The van der Waals surface area contributed by atoms with Crippen molar-refractivity contribution in [1.82, 2.24) is 5.32 Å². The SMILES string of the molecule is Cc1cc(C)c(NC(=S)NCCc2ccc(Cl)cc2)c(Cl)c1. The van der Waals surface area contributed by atoms with Gasteiger partial charge in [-0.15, -0.1) is 0 Å². The molecule has 0 aliphatic rings. The van der Waals surface area contributed by atoms with Crippen molar-refractivity contribution < 1.29 is 0 Å². The first-order valence-corrected chi connectivity index (χ1v) is 8.18. The van der Waals surface area contributed by atoms with Crippen LogP contribution in [0, 0.1) is 13.8 Å². The predicted octanol–water partition coefficient (Wildman–Crippen LogP) is 5.14. The number of hydrogen-bond donors (Lipinski definition) is 2. The molecule has 0 fully saturated rings. The zero-order chi connectivity index (χ0) is 16.1. The van der Waals surface area contributed by atoms with E-state index >= 15 is 0 Å². The number of nitrogens with one attached hydrogen (secondary N) is 2. The first kappa shape index (κ1) is 17.1. The van der Waals surface area contributed by atoms with Crippen LogP contribution in [0.4, 0.5) is 5.69 Å². The maximum absolute atomic E-state index is 6.26. The molecule has 0 aromatic heterocycles. The fourth-order valence-electron chi connectivity index (χ4n) is 2.20. The number of thiocarbonyl (C=S) groups is 1. The van der Waals surface area contributed by atoms with Crippen LogP contribution in [0.3, 0.4) is 0 Å². The van der Waals surface area contributed by atoms with Crippen LogP contribution in [0.2, 0.25) is 10.0 Å². The average molecular weight is 353 g/mol. The molecule has 0 amide bonds. The van der Waals surface area contributed by atoms with Gasteiger partial charge in [0, 0.05) is 11.6 Å². The summed E-state index contributed by atoms with van der Waals surface area (Å²) in [6.07, 6.45) is 0.875. The fourth-order valence-corrected chi connectivity index (χ4v) is 2.90. The van der Waals surface area contributed by atoms with Crippen molar-refractivity contribution in [2.75, 3.05) is 11.9 Å². The Bertz CT molecular complexity index is 646. The van der Waals surface area contributed by atoms with Gasteiger partial charge in [-0.3, -0.25) is 0 Å². The van der Waals surface area contributed by atoms with Crippen LogP contribution in [0.25, 0.3) is 0 Å². The average Bonchev–Trinajstić information content (AvgIpc) is 2.45. The number of anilines is 1. The molecule has 5 heteroatoms. The Labute approximate surface area is 146 Å². The number of halogens is 2. The Morgan fingerprint density at radius 3 is 2.41 bits per heavy atom. The van der Waals surface area contributed by atoms with Crippen LogP contribution in [0.5, 0.6) is 0 Å². The van der Waals surface area contributed by atoms with Crippen LogP contribution in [-0.4, -0.2) is 11.7 Å². The quantitative estimate of drug-likeness (QED) is 0.745. The number of aryl methyl sites for hydroxylation is 2. The summed E-state index contributed by atoms with van der Waals surface area (Å²) in [6.45, 7) is 4.78. The molecule has 0 bridgehead atoms. The molecule has 0 aliphatic carbocycles. The van der Waals surface area contributed by atoms with Gasteiger partial charge in [-0.05, 0) is 67.4 Å². The largest absolute Gasteiger partial charge is 0.362 e. The summed E-state index contributed by atoms with van der Waals surface area (Å²) < 4.78 is 0. The summed E-state index contributed by atoms with van der Waals surface area (Å²) in [5, 5.41) is 8.36. The van der Waals surface area contributed by atoms with Crippen LogP contribution < -0.4 is 10.6 Å². The first-order valence-electron chi connectivity index (χ1n) is 7.02. The zero-order valence-electron chi connectivity index (χ0n) is 12.5. The van der Waals surface area contributed by atoms with E-state index < -0.39 is 0 Å². The second kappa shape index (κ2) is 7.82. The molecule has 116 valence electrons. The second-order valence-electron chi connectivity index (χ2n) is 5.20. The zero-order valence-corrected chi connectivity index (χ0v) is 14.9. The fraction of sp³-hybridized carbons (Fsp3) is 0.235. The third kappa shape index (κ3) is 4.87. The second-order valence-corrected chi connectivity index (χ2v) is 6.45. The minimum Gasteiger partial charge on any atom is -0.362 e. The van der Waals surface area contributed by atoms with Crippen LogP contribution in [0.1, 0.15) is 16.7 Å². The van der Waals surface area contributed by atoms with Gasteiger partial charge in [-0.25, -0.2) is 0 Å². The van der Waals surface area contributed by atoms with E-state index in [4.69, 9.17) is 35.4 Å². The summed E-state index contributed by atoms with van der Waals surface area (Å²) in [6, 6.07) is 11.8. The van der Waals surface area contributed by atoms with E-state index in [2.05, 4.69) is 16.7 Å². The summed E-state index contributed by atoms with van der Waals surface area (Å²) >= 11 is 17.5. The molecule has 0 atom stereocenters. The first-order chi connectivity index (χ1) is 10.5. The molecule has 0 saturated heterocycles. The molecular formula is C17H18Cl2N2S. The van der Waals surface area contributed by atoms with E-state index in [-0.39, 0.29) is 0 Å². The lowest BCUT2D eigenvalue weighted by molar-refractivity contribution is 0.873. The Morgan fingerprint density at radius 2 is 1.77 bits per heavy atom. The van der Waals surface area contributed by atoms with Gasteiger partial charge in [0.15, 0.2) is 5.11 Å². The molecule has 0 spiro atoms. The minimum absolute atomic E-state index is 0.572. The Hall–Kier alpha value is -1.29. The molecule has 0 heterocycles. The molecule has 22 heavy (non-hydrogen) atoms. The van der Waals surface area contributed by atoms with Crippen molar-refractivity contribution in [2.45, 2.75) is 20.3 Å². The van der Waals surface area contributed by atoms with E-state index in [0.717, 1.165) is 34.8 Å². The molecule has 2 aromatic carbocycles. The highest BCUT2D eigenvalue weighted by Gasteiger charge is 2.07. The molecule has 0 saturated carbocycles. The molecule has 0 radical (unpaired) electrons. The summed E-state index contributed by atoms with van der Waals surface area (Å²) in [5.74, 6) is 0. The van der Waals surface area contributed by atoms with E-state index in [9.17, 15) is 0 Å². The van der Waals surface area contributed by atoms with Crippen molar-refractivity contribution in [3.8, 4) is 0 Å². The van der Waals surface area contributed by atoms with Crippen molar-refractivity contribution in [1.29, 1.82) is 0 Å². The van der Waals surface area contributed by atoms with Crippen LogP contribution in [0.15, 0.2) is 36.4 Å². The smallest absolute Gasteiger partial charge is 0.170 e. The van der Waals surface area contributed by atoms with Crippen molar-refractivity contribution in [3.05, 3.63) is 63.1 Å². The minimum atomic E-state index is 0.572. The lowest BCUT2D eigenvalue weighted by Crippen LogP contribution is -2.30. The maximum Gasteiger partial charge on any atom is 0.170 e. The standard InChI is InChI=1S/C17H18Cl2N2S/c1-11-9-12(2)16(15(19)10-11)21-17(22)20-8-7-13-3-5-14(18)6-4-13/h3-6,9-10H,7-8H2,1-2H3,(H2,20,21,22). The van der Waals surface area contributed by atoms with Crippen molar-refractivity contribution >= 4 is 46.2 Å². The number of benzene rings is 2. The highest BCUT2D eigenvalue weighted by atomic mass is 35.5. The molecule has 0 aliphatic heterocycles. The summed E-state index contributed by atoms with van der Waals surface area (Å²) in [5.41, 5.74) is 4.28. The van der Waals surface area contributed by atoms with Gasteiger partial charge in [0.2, 0.25) is 0 Å². The molecule has 2 nitrogen and oxygen atoms in total. The van der Waals surface area contributed by atoms with Gasteiger partial charge < -0.3 is 10.6 Å². The van der Waals surface area contributed by atoms with E-state index in [1.807, 2.05) is 44.2 Å². The van der Waals surface area contributed by atoms with Gasteiger partial charge in [-0.2, -0.15) is 0 Å². The summed E-state index contributed by atoms with van der Waals surface area (Å²) in [4.78, 5) is 0. The van der Waals surface area contributed by atoms with Crippen LogP contribution >= 0.6 is 35.4 Å².